The first-order chi connectivity index (χ1) is 18.6. The molecule has 2 aromatic carbocycles. The molecule has 1 fully saturated rings. The number of ether oxygens (including phenoxy) is 1. The Hall–Kier alpha value is -4.61. The number of fused-ring (bicyclic) bond motifs is 1. The predicted molar refractivity (Wildman–Crippen MR) is 131 cm³/mol. The zero-order valence-electron chi connectivity index (χ0n) is 20.6. The summed E-state index contributed by atoms with van der Waals surface area (Å²) in [5, 5.41) is 8.00. The zero-order valence-corrected chi connectivity index (χ0v) is 20.6. The lowest BCUT2D eigenvalue weighted by Crippen LogP contribution is -2.09. The van der Waals surface area contributed by atoms with Gasteiger partial charge in [0, 0.05) is 24.2 Å². The fourth-order valence-corrected chi connectivity index (χ4v) is 4.47. The fourth-order valence-electron chi connectivity index (χ4n) is 4.47. The lowest BCUT2D eigenvalue weighted by Gasteiger charge is -2.12. The van der Waals surface area contributed by atoms with Crippen LogP contribution in [0.25, 0.3) is 45.2 Å². The van der Waals surface area contributed by atoms with Gasteiger partial charge in [-0.15, -0.1) is 10.2 Å². The molecule has 0 unspecified atom stereocenters. The highest BCUT2D eigenvalue weighted by Crippen LogP contribution is 2.43. The molecular weight excluding hydrogens is 518 g/mol. The normalized spacial score (nSPS) is 13.7. The van der Waals surface area contributed by atoms with Crippen molar-refractivity contribution in [2.45, 2.75) is 24.9 Å². The Kier molecular flexibility index (Phi) is 5.70. The average Bonchev–Trinajstić information content (AvgIpc) is 3.53. The van der Waals surface area contributed by atoms with Gasteiger partial charge >= 0.3 is 12.1 Å². The summed E-state index contributed by atoms with van der Waals surface area (Å²) in [4.78, 5) is 20.9. The molecule has 0 amide bonds. The number of hydrogen-bond acceptors (Lipinski definition) is 7. The van der Waals surface area contributed by atoms with Crippen molar-refractivity contribution < 1.29 is 31.5 Å². The van der Waals surface area contributed by atoms with Gasteiger partial charge < -0.3 is 13.7 Å². The maximum atomic E-state index is 14.3. The summed E-state index contributed by atoms with van der Waals surface area (Å²) in [5.41, 5.74) is 0.503. The molecule has 0 spiro atoms. The maximum Gasteiger partial charge on any atom is 0.420 e. The molecule has 1 saturated carbocycles. The fraction of sp³-hybridized carbons (Fsp3) is 0.222. The van der Waals surface area contributed by atoms with Crippen LogP contribution in [0.15, 0.2) is 53.2 Å². The van der Waals surface area contributed by atoms with Crippen LogP contribution in [0.4, 0.5) is 17.6 Å². The van der Waals surface area contributed by atoms with Gasteiger partial charge in [0.1, 0.15) is 28.9 Å². The van der Waals surface area contributed by atoms with E-state index in [9.17, 15) is 22.4 Å². The van der Waals surface area contributed by atoms with Crippen LogP contribution in [0.5, 0.6) is 0 Å². The van der Waals surface area contributed by atoms with E-state index in [2.05, 4.69) is 24.9 Å². The van der Waals surface area contributed by atoms with E-state index in [1.165, 1.54) is 24.5 Å². The minimum atomic E-state index is -4.81. The number of benzene rings is 2. The number of oxazole rings is 1. The van der Waals surface area contributed by atoms with Gasteiger partial charge in [-0.1, -0.05) is 6.07 Å². The van der Waals surface area contributed by atoms with E-state index >= 15 is 0 Å². The highest BCUT2D eigenvalue weighted by atomic mass is 19.4. The first-order valence-electron chi connectivity index (χ1n) is 11.9. The van der Waals surface area contributed by atoms with E-state index in [1.807, 2.05) is 6.07 Å². The van der Waals surface area contributed by atoms with Crippen LogP contribution in [0.3, 0.4) is 0 Å². The molecule has 1 aliphatic carbocycles. The van der Waals surface area contributed by atoms with Crippen molar-refractivity contribution >= 4 is 17.1 Å². The Labute approximate surface area is 218 Å². The summed E-state index contributed by atoms with van der Waals surface area (Å²) in [5.74, 6) is -0.945. The average molecular weight is 537 g/mol. The molecule has 0 saturated heterocycles. The number of alkyl halides is 3. The van der Waals surface area contributed by atoms with E-state index in [4.69, 9.17) is 4.42 Å². The quantitative estimate of drug-likeness (QED) is 0.195. The molecule has 0 bridgehead atoms. The lowest BCUT2D eigenvalue weighted by molar-refractivity contribution is -0.136. The van der Waals surface area contributed by atoms with Gasteiger partial charge in [0.25, 0.3) is 0 Å². The third-order valence-corrected chi connectivity index (χ3v) is 6.52. The summed E-state index contributed by atoms with van der Waals surface area (Å²) < 4.78 is 67.8. The number of aromatic nitrogens is 5. The number of carbonyl (C=O) groups is 1. The van der Waals surface area contributed by atoms with E-state index < -0.39 is 29.1 Å². The summed E-state index contributed by atoms with van der Waals surface area (Å²) in [6.07, 6.45) is -1.50. The zero-order chi connectivity index (χ0) is 27.5. The third kappa shape index (κ3) is 4.51. The molecule has 198 valence electrons. The van der Waals surface area contributed by atoms with Crippen LogP contribution >= 0.6 is 0 Å². The van der Waals surface area contributed by atoms with E-state index in [0.717, 1.165) is 20.0 Å². The molecular formula is C27H19F4N5O3. The SMILES string of the molecule is COC(=O)c1cc(C(F)(F)F)c2oc(-c3cc(-c4ccc(F)cc4-c4nncn4C)cc(C4CC4)n3)nc2c1. The van der Waals surface area contributed by atoms with Gasteiger partial charge in [-0.25, -0.2) is 19.2 Å². The number of carbonyl (C=O) groups excluding carboxylic acids is 1. The Morgan fingerprint density at radius 2 is 1.87 bits per heavy atom. The monoisotopic (exact) mass is 537 g/mol. The lowest BCUT2D eigenvalue weighted by atomic mass is 9.97. The largest absolute Gasteiger partial charge is 0.465 e. The summed E-state index contributed by atoms with van der Waals surface area (Å²) in [7, 11) is 2.81. The van der Waals surface area contributed by atoms with Crippen LogP contribution in [0.2, 0.25) is 0 Å². The molecule has 12 heteroatoms. The van der Waals surface area contributed by atoms with E-state index in [-0.39, 0.29) is 28.6 Å². The highest BCUT2D eigenvalue weighted by molar-refractivity contribution is 5.95. The van der Waals surface area contributed by atoms with Gasteiger partial charge in [-0.2, -0.15) is 13.2 Å². The number of rotatable bonds is 5. The molecule has 0 atom stereocenters. The molecule has 8 nitrogen and oxygen atoms in total. The first-order valence-corrected chi connectivity index (χ1v) is 11.9. The van der Waals surface area contributed by atoms with Crippen LogP contribution in [0.1, 0.15) is 40.4 Å². The molecule has 6 rings (SSSR count). The van der Waals surface area contributed by atoms with Crippen molar-refractivity contribution in [1.82, 2.24) is 24.7 Å². The Morgan fingerprint density at radius 1 is 1.08 bits per heavy atom. The second kappa shape index (κ2) is 9.00. The van der Waals surface area contributed by atoms with Crippen molar-refractivity contribution in [3.8, 4) is 34.1 Å². The molecule has 0 radical (unpaired) electrons. The van der Waals surface area contributed by atoms with Crippen LogP contribution in [0, 0.1) is 5.82 Å². The number of methoxy groups -OCH3 is 1. The molecule has 3 heterocycles. The van der Waals surface area contributed by atoms with Gasteiger partial charge in [0.05, 0.1) is 12.7 Å². The van der Waals surface area contributed by atoms with Crippen molar-refractivity contribution in [2.24, 2.45) is 7.05 Å². The molecule has 0 N–H and O–H groups in total. The Morgan fingerprint density at radius 3 is 2.54 bits per heavy atom. The van der Waals surface area contributed by atoms with Gasteiger partial charge in [-0.3, -0.25) is 0 Å². The number of nitrogens with zero attached hydrogens (tertiary/aromatic N) is 5. The van der Waals surface area contributed by atoms with Crippen LogP contribution in [-0.2, 0) is 18.0 Å². The number of halogens is 4. The molecule has 5 aromatic rings. The third-order valence-electron chi connectivity index (χ3n) is 6.52. The molecule has 3 aromatic heterocycles. The molecule has 1 aliphatic rings. The summed E-state index contributed by atoms with van der Waals surface area (Å²) >= 11 is 0. The maximum absolute atomic E-state index is 14.3. The summed E-state index contributed by atoms with van der Waals surface area (Å²) in [6, 6.07) is 9.61. The minimum Gasteiger partial charge on any atom is -0.465 e. The summed E-state index contributed by atoms with van der Waals surface area (Å²) in [6.45, 7) is 0. The number of esters is 1. The number of pyridine rings is 1. The van der Waals surface area contributed by atoms with Crippen molar-refractivity contribution in [2.75, 3.05) is 7.11 Å². The second-order valence-corrected chi connectivity index (χ2v) is 9.28. The smallest absolute Gasteiger partial charge is 0.420 e. The second-order valence-electron chi connectivity index (χ2n) is 9.28. The molecule has 0 aliphatic heterocycles. The topological polar surface area (TPSA) is 95.9 Å². The van der Waals surface area contributed by atoms with Crippen molar-refractivity contribution in [1.29, 1.82) is 0 Å². The van der Waals surface area contributed by atoms with Crippen LogP contribution in [-0.4, -0.2) is 37.8 Å². The minimum absolute atomic E-state index is 0.149. The van der Waals surface area contributed by atoms with E-state index in [0.29, 0.717) is 34.3 Å². The van der Waals surface area contributed by atoms with Crippen molar-refractivity contribution in [3.63, 3.8) is 0 Å². The van der Waals surface area contributed by atoms with Gasteiger partial charge in [-0.05, 0) is 60.4 Å². The van der Waals surface area contributed by atoms with E-state index in [1.54, 1.807) is 23.7 Å². The van der Waals surface area contributed by atoms with Crippen LogP contribution < -0.4 is 0 Å². The highest BCUT2D eigenvalue weighted by Gasteiger charge is 2.36. The molecule has 39 heavy (non-hydrogen) atoms. The number of hydrogen-bond donors (Lipinski definition) is 0. The first kappa shape index (κ1) is 24.7. The standard InChI is InChI=1S/C27H19F4N5O3/c1-36-12-32-35-24(36)18-11-16(28)5-6-17(18)14-8-20(13-3-4-13)33-22(9-14)25-34-21-10-15(26(37)38-2)7-19(23(21)39-25)27(29,30)31/h5-13H,3-4H2,1-2H3. The van der Waals surface area contributed by atoms with Gasteiger partial charge in [0.15, 0.2) is 11.4 Å². The Balaban J connectivity index is 1.55. The predicted octanol–water partition coefficient (Wildman–Crippen LogP) is 6.17. The number of aryl methyl sites for hydroxylation is 1. The Bertz CT molecular complexity index is 1750. The van der Waals surface area contributed by atoms with Gasteiger partial charge in [0.2, 0.25) is 5.89 Å². The van der Waals surface area contributed by atoms with Crippen molar-refractivity contribution in [3.05, 3.63) is 71.4 Å².